The van der Waals surface area contributed by atoms with E-state index in [9.17, 15) is 18.0 Å². The van der Waals surface area contributed by atoms with Crippen molar-refractivity contribution in [3.8, 4) is 11.8 Å². The van der Waals surface area contributed by atoms with Gasteiger partial charge in [-0.05, 0) is 37.5 Å². The van der Waals surface area contributed by atoms with Crippen molar-refractivity contribution in [3.63, 3.8) is 0 Å². The van der Waals surface area contributed by atoms with Gasteiger partial charge in [-0.25, -0.2) is 0 Å². The highest BCUT2D eigenvalue weighted by Crippen LogP contribution is 2.41. The summed E-state index contributed by atoms with van der Waals surface area (Å²) in [5.74, 6) is 6.21. The Balaban J connectivity index is 1.52. The molecule has 0 spiro atoms. The fourth-order valence-electron chi connectivity index (χ4n) is 3.30. The first-order valence-corrected chi connectivity index (χ1v) is 9.61. The first kappa shape index (κ1) is 19.8. The van der Waals surface area contributed by atoms with Gasteiger partial charge in [0.05, 0.1) is 28.0 Å². The zero-order valence-electron chi connectivity index (χ0n) is 15.3. The third kappa shape index (κ3) is 3.85. The van der Waals surface area contributed by atoms with Crippen LogP contribution < -0.4 is 10.6 Å². The molecule has 0 radical (unpaired) electrons. The summed E-state index contributed by atoms with van der Waals surface area (Å²) in [6, 6.07) is 2.87. The van der Waals surface area contributed by atoms with Gasteiger partial charge in [0.2, 0.25) is 0 Å². The van der Waals surface area contributed by atoms with Crippen LogP contribution in [0.2, 0.25) is 5.02 Å². The van der Waals surface area contributed by atoms with Crippen LogP contribution >= 0.6 is 11.6 Å². The van der Waals surface area contributed by atoms with Crippen LogP contribution in [0.5, 0.6) is 0 Å². The van der Waals surface area contributed by atoms with Gasteiger partial charge in [-0.1, -0.05) is 23.4 Å². The largest absolute Gasteiger partial charge is 0.416 e. The number of hydrogen-bond acceptors (Lipinski definition) is 3. The van der Waals surface area contributed by atoms with Gasteiger partial charge >= 0.3 is 6.18 Å². The van der Waals surface area contributed by atoms with E-state index in [4.69, 9.17) is 11.6 Å². The Hall–Kier alpha value is -2.50. The number of rotatable bonds is 3. The molecule has 0 atom stereocenters. The van der Waals surface area contributed by atoms with E-state index < -0.39 is 17.3 Å². The summed E-state index contributed by atoms with van der Waals surface area (Å²) in [5.41, 5.74) is -0.885. The molecule has 1 saturated heterocycles. The number of nitrogens with one attached hydrogen (secondary N) is 2. The maximum Gasteiger partial charge on any atom is 0.416 e. The Morgan fingerprint density at radius 2 is 2.10 bits per heavy atom. The first-order chi connectivity index (χ1) is 13.8. The molecule has 2 heterocycles. The lowest BCUT2D eigenvalue weighted by Gasteiger charge is -2.40. The van der Waals surface area contributed by atoms with Gasteiger partial charge in [0.1, 0.15) is 5.54 Å². The average Bonchev–Trinajstić information content (AvgIpc) is 3.02. The molecular weight excluding hydrogens is 405 g/mol. The van der Waals surface area contributed by atoms with Crippen molar-refractivity contribution in [2.45, 2.75) is 31.0 Å². The molecule has 9 heteroatoms. The number of halogens is 4. The lowest BCUT2D eigenvalue weighted by Crippen LogP contribution is -2.51. The molecule has 1 aliphatic heterocycles. The molecule has 1 aliphatic carbocycles. The predicted octanol–water partition coefficient (Wildman–Crippen LogP) is 3.64. The normalized spacial score (nSPS) is 18.2. The minimum absolute atomic E-state index is 0.139. The summed E-state index contributed by atoms with van der Waals surface area (Å²) in [4.78, 5) is 13.0. The molecule has 2 aromatic rings. The third-order valence-electron chi connectivity index (χ3n) is 5.37. The van der Waals surface area contributed by atoms with E-state index >= 15 is 0 Å². The second-order valence-corrected chi connectivity index (χ2v) is 7.74. The van der Waals surface area contributed by atoms with Gasteiger partial charge in [0, 0.05) is 25.2 Å². The molecule has 1 amide bonds. The Labute approximate surface area is 170 Å². The summed E-state index contributed by atoms with van der Waals surface area (Å²) >= 11 is 5.97. The van der Waals surface area contributed by atoms with Gasteiger partial charge < -0.3 is 10.6 Å². The second kappa shape index (κ2) is 7.39. The van der Waals surface area contributed by atoms with Crippen LogP contribution in [-0.2, 0) is 16.5 Å². The highest BCUT2D eigenvalue weighted by Gasteiger charge is 2.47. The van der Waals surface area contributed by atoms with Crippen LogP contribution in [0.15, 0.2) is 30.6 Å². The number of anilines is 1. The molecule has 1 aromatic carbocycles. The van der Waals surface area contributed by atoms with E-state index in [0.717, 1.165) is 37.2 Å². The summed E-state index contributed by atoms with van der Waals surface area (Å²) in [7, 11) is 0. The Bertz CT molecular complexity index is 997. The standard InChI is InChI=1S/C20H18ClF3N4O/c21-16-8-15(20(22,23)24)4-5-17(16)27-18(29)19(6-1-7-19)28-12-14(11-26-28)3-2-13-9-25-10-13/h4-5,8,11-13,25H,1,6-7,9-10H2,(H,27,29). The van der Waals surface area contributed by atoms with E-state index in [1.54, 1.807) is 17.1 Å². The van der Waals surface area contributed by atoms with E-state index in [1.807, 2.05) is 0 Å². The minimum atomic E-state index is -4.50. The SMILES string of the molecule is O=C(Nc1ccc(C(F)(F)F)cc1Cl)C1(n2cc(C#CC3CNC3)cn2)CCC1. The number of aromatic nitrogens is 2. The predicted molar refractivity (Wildman–Crippen MR) is 102 cm³/mol. The molecule has 2 fully saturated rings. The van der Waals surface area contributed by atoms with Gasteiger partial charge in [0.15, 0.2) is 0 Å². The maximum atomic E-state index is 13.0. The molecule has 1 aromatic heterocycles. The topological polar surface area (TPSA) is 59.0 Å². The molecule has 0 unspecified atom stereocenters. The maximum absolute atomic E-state index is 13.0. The van der Waals surface area contributed by atoms with Crippen LogP contribution in [0.1, 0.15) is 30.4 Å². The lowest BCUT2D eigenvalue weighted by atomic mass is 9.76. The molecule has 152 valence electrons. The number of benzene rings is 1. The average molecular weight is 423 g/mol. The summed E-state index contributed by atoms with van der Waals surface area (Å²) in [5, 5.41) is 9.97. The fraction of sp³-hybridized carbons (Fsp3) is 0.400. The lowest BCUT2D eigenvalue weighted by molar-refractivity contribution is -0.137. The summed E-state index contributed by atoms with van der Waals surface area (Å²) < 4.78 is 40.0. The Morgan fingerprint density at radius 3 is 2.66 bits per heavy atom. The van der Waals surface area contributed by atoms with Gasteiger partial charge in [-0.3, -0.25) is 9.48 Å². The van der Waals surface area contributed by atoms with Crippen molar-refractivity contribution < 1.29 is 18.0 Å². The molecule has 2 N–H and O–H groups in total. The molecule has 29 heavy (non-hydrogen) atoms. The van der Waals surface area contributed by atoms with Crippen molar-refractivity contribution in [2.24, 2.45) is 5.92 Å². The van der Waals surface area contributed by atoms with Crippen molar-refractivity contribution in [3.05, 3.63) is 46.7 Å². The van der Waals surface area contributed by atoms with Crippen molar-refractivity contribution in [1.29, 1.82) is 0 Å². The van der Waals surface area contributed by atoms with Crippen molar-refractivity contribution in [1.82, 2.24) is 15.1 Å². The molecule has 0 bridgehead atoms. The molecule has 1 saturated carbocycles. The van der Waals surface area contributed by atoms with Crippen molar-refractivity contribution >= 4 is 23.2 Å². The van der Waals surface area contributed by atoms with E-state index in [0.29, 0.717) is 18.8 Å². The Kier molecular flexibility index (Phi) is 5.05. The molecule has 2 aliphatic rings. The number of carbonyl (C=O) groups is 1. The fourth-order valence-corrected chi connectivity index (χ4v) is 3.53. The minimum Gasteiger partial charge on any atom is -0.323 e. The summed E-state index contributed by atoms with van der Waals surface area (Å²) in [6.07, 6.45) is 0.881. The smallest absolute Gasteiger partial charge is 0.323 e. The van der Waals surface area contributed by atoms with E-state index in [-0.39, 0.29) is 16.6 Å². The van der Waals surface area contributed by atoms with Crippen LogP contribution in [0, 0.1) is 17.8 Å². The highest BCUT2D eigenvalue weighted by atomic mass is 35.5. The van der Waals surface area contributed by atoms with Crippen LogP contribution in [-0.4, -0.2) is 28.8 Å². The van der Waals surface area contributed by atoms with Gasteiger partial charge in [-0.2, -0.15) is 18.3 Å². The number of amides is 1. The number of carbonyl (C=O) groups excluding carboxylic acids is 1. The summed E-state index contributed by atoms with van der Waals surface area (Å²) in [6.45, 7) is 1.75. The van der Waals surface area contributed by atoms with Gasteiger partial charge in [-0.15, -0.1) is 0 Å². The molecular formula is C20H18ClF3N4O. The number of nitrogens with zero attached hydrogens (tertiary/aromatic N) is 2. The van der Waals surface area contributed by atoms with Crippen LogP contribution in [0.25, 0.3) is 0 Å². The van der Waals surface area contributed by atoms with Crippen LogP contribution in [0.4, 0.5) is 18.9 Å². The quantitative estimate of drug-likeness (QED) is 0.742. The highest BCUT2D eigenvalue weighted by molar-refractivity contribution is 6.33. The van der Waals surface area contributed by atoms with E-state index in [2.05, 4.69) is 27.6 Å². The number of alkyl halides is 3. The Morgan fingerprint density at radius 1 is 1.34 bits per heavy atom. The van der Waals surface area contributed by atoms with Gasteiger partial charge in [0.25, 0.3) is 5.91 Å². The monoisotopic (exact) mass is 422 g/mol. The molecule has 4 rings (SSSR count). The second-order valence-electron chi connectivity index (χ2n) is 7.33. The third-order valence-corrected chi connectivity index (χ3v) is 5.68. The zero-order valence-corrected chi connectivity index (χ0v) is 16.1. The van der Waals surface area contributed by atoms with E-state index in [1.165, 1.54) is 6.07 Å². The van der Waals surface area contributed by atoms with Crippen molar-refractivity contribution in [2.75, 3.05) is 18.4 Å². The van der Waals surface area contributed by atoms with Crippen LogP contribution in [0.3, 0.4) is 0 Å². The molecule has 5 nitrogen and oxygen atoms in total. The number of hydrogen-bond donors (Lipinski definition) is 2. The first-order valence-electron chi connectivity index (χ1n) is 9.23. The zero-order chi connectivity index (χ0) is 20.6.